The van der Waals surface area contributed by atoms with Crippen LogP contribution in [0.2, 0.25) is 0 Å². The van der Waals surface area contributed by atoms with Gasteiger partial charge in [0.05, 0.1) is 0 Å². The molecule has 1 aliphatic rings. The molecule has 0 saturated carbocycles. The molecule has 2 rings (SSSR count). The lowest BCUT2D eigenvalue weighted by molar-refractivity contribution is -0.137. The molecule has 21 heavy (non-hydrogen) atoms. The van der Waals surface area contributed by atoms with Crippen molar-refractivity contribution >= 4 is 11.9 Å². The Balaban J connectivity index is 1.94. The van der Waals surface area contributed by atoms with E-state index in [1.807, 2.05) is 0 Å². The standard InChI is InChI=1S/C16H21NO4/c1-11-13(3-2-4-14(11)18)16(21)17-9-7-12(8-10-17)5-6-15(19)20/h2-4,12,18H,5-10H2,1H3,(H,19,20). The minimum absolute atomic E-state index is 0.0555. The third-order valence-electron chi connectivity index (χ3n) is 4.20. The van der Waals surface area contributed by atoms with Gasteiger partial charge in [-0.15, -0.1) is 0 Å². The Kier molecular flexibility index (Phi) is 4.83. The Bertz CT molecular complexity index is 533. The highest BCUT2D eigenvalue weighted by molar-refractivity contribution is 5.96. The maximum atomic E-state index is 12.5. The van der Waals surface area contributed by atoms with Crippen LogP contribution in [0.3, 0.4) is 0 Å². The summed E-state index contributed by atoms with van der Waals surface area (Å²) in [5, 5.41) is 18.4. The van der Waals surface area contributed by atoms with Crippen LogP contribution in [-0.2, 0) is 4.79 Å². The number of carboxylic acids is 1. The lowest BCUT2D eigenvalue weighted by atomic mass is 9.91. The average molecular weight is 291 g/mol. The van der Waals surface area contributed by atoms with Gasteiger partial charge in [0.2, 0.25) is 0 Å². The van der Waals surface area contributed by atoms with Crippen LogP contribution in [0.15, 0.2) is 18.2 Å². The van der Waals surface area contributed by atoms with E-state index in [1.54, 1.807) is 30.0 Å². The lowest BCUT2D eigenvalue weighted by Crippen LogP contribution is -2.38. The third-order valence-corrected chi connectivity index (χ3v) is 4.20. The molecule has 1 heterocycles. The fourth-order valence-electron chi connectivity index (χ4n) is 2.78. The van der Waals surface area contributed by atoms with Gasteiger partial charge in [-0.1, -0.05) is 6.07 Å². The molecule has 5 nitrogen and oxygen atoms in total. The van der Waals surface area contributed by atoms with Crippen molar-refractivity contribution in [3.05, 3.63) is 29.3 Å². The summed E-state index contributed by atoms with van der Waals surface area (Å²) in [5.41, 5.74) is 1.15. The summed E-state index contributed by atoms with van der Waals surface area (Å²) in [6.45, 7) is 3.04. The van der Waals surface area contributed by atoms with Gasteiger partial charge >= 0.3 is 5.97 Å². The van der Waals surface area contributed by atoms with E-state index in [0.717, 1.165) is 12.8 Å². The van der Waals surface area contributed by atoms with Crippen molar-refractivity contribution in [2.75, 3.05) is 13.1 Å². The van der Waals surface area contributed by atoms with Crippen molar-refractivity contribution in [2.24, 2.45) is 5.92 Å². The molecule has 0 atom stereocenters. The Hall–Kier alpha value is -2.04. The van der Waals surface area contributed by atoms with Gasteiger partial charge in [-0.2, -0.15) is 0 Å². The molecule has 1 saturated heterocycles. The van der Waals surface area contributed by atoms with Crippen molar-refractivity contribution in [1.29, 1.82) is 0 Å². The fourth-order valence-corrected chi connectivity index (χ4v) is 2.78. The molecular formula is C16H21NO4. The van der Waals surface area contributed by atoms with Crippen LogP contribution >= 0.6 is 0 Å². The summed E-state index contributed by atoms with van der Waals surface area (Å²) in [6.07, 6.45) is 2.57. The Morgan fingerprint density at radius 1 is 1.29 bits per heavy atom. The molecule has 0 unspecified atom stereocenters. The molecule has 5 heteroatoms. The molecule has 0 bridgehead atoms. The largest absolute Gasteiger partial charge is 0.508 e. The Morgan fingerprint density at radius 2 is 1.95 bits per heavy atom. The van der Waals surface area contributed by atoms with Crippen molar-refractivity contribution in [1.82, 2.24) is 4.90 Å². The number of hydrogen-bond acceptors (Lipinski definition) is 3. The number of rotatable bonds is 4. The number of benzene rings is 1. The first kappa shape index (κ1) is 15.4. The number of carbonyl (C=O) groups is 2. The number of nitrogens with zero attached hydrogens (tertiary/aromatic N) is 1. The highest BCUT2D eigenvalue weighted by atomic mass is 16.4. The predicted molar refractivity (Wildman–Crippen MR) is 78.3 cm³/mol. The van der Waals surface area contributed by atoms with E-state index in [0.29, 0.717) is 36.6 Å². The molecular weight excluding hydrogens is 270 g/mol. The second-order valence-electron chi connectivity index (χ2n) is 5.62. The minimum atomic E-state index is -0.760. The number of carboxylic acid groups (broad SMARTS) is 1. The SMILES string of the molecule is Cc1c(O)cccc1C(=O)N1CCC(CCC(=O)O)CC1. The van der Waals surface area contributed by atoms with Gasteiger partial charge in [0, 0.05) is 30.6 Å². The van der Waals surface area contributed by atoms with Crippen LogP contribution in [0.4, 0.5) is 0 Å². The van der Waals surface area contributed by atoms with Gasteiger partial charge in [-0.25, -0.2) is 0 Å². The number of amides is 1. The number of carbonyl (C=O) groups excluding carboxylic acids is 1. The molecule has 114 valence electrons. The van der Waals surface area contributed by atoms with Crippen LogP contribution < -0.4 is 0 Å². The first-order chi connectivity index (χ1) is 9.99. The average Bonchev–Trinajstić information content (AvgIpc) is 2.48. The smallest absolute Gasteiger partial charge is 0.303 e. The van der Waals surface area contributed by atoms with Crippen LogP contribution in [0.5, 0.6) is 5.75 Å². The molecule has 1 amide bonds. The predicted octanol–water partition coefficient (Wildman–Crippen LogP) is 2.42. The molecule has 0 aliphatic carbocycles. The number of aliphatic carboxylic acids is 1. The van der Waals surface area contributed by atoms with Crippen molar-refractivity contribution < 1.29 is 19.8 Å². The fraction of sp³-hybridized carbons (Fsp3) is 0.500. The summed E-state index contributed by atoms with van der Waals surface area (Å²) in [6, 6.07) is 4.98. The summed E-state index contributed by atoms with van der Waals surface area (Å²) < 4.78 is 0. The van der Waals surface area contributed by atoms with Crippen LogP contribution in [0.25, 0.3) is 0 Å². The maximum Gasteiger partial charge on any atom is 0.303 e. The second-order valence-corrected chi connectivity index (χ2v) is 5.62. The Labute approximate surface area is 124 Å². The summed E-state index contributed by atoms with van der Waals surface area (Å²) >= 11 is 0. The van der Waals surface area contributed by atoms with Gasteiger partial charge in [0.25, 0.3) is 5.91 Å². The summed E-state index contributed by atoms with van der Waals surface area (Å²) in [5.74, 6) is -0.295. The van der Waals surface area contributed by atoms with Gasteiger partial charge in [-0.05, 0) is 44.2 Å². The van der Waals surface area contributed by atoms with E-state index >= 15 is 0 Å². The first-order valence-corrected chi connectivity index (χ1v) is 7.28. The van der Waals surface area contributed by atoms with Gasteiger partial charge in [0.1, 0.15) is 5.75 Å². The topological polar surface area (TPSA) is 77.8 Å². The zero-order valence-corrected chi connectivity index (χ0v) is 12.2. The van der Waals surface area contributed by atoms with Gasteiger partial charge in [0.15, 0.2) is 0 Å². The first-order valence-electron chi connectivity index (χ1n) is 7.28. The minimum Gasteiger partial charge on any atom is -0.508 e. The van der Waals surface area contributed by atoms with Crippen molar-refractivity contribution in [2.45, 2.75) is 32.6 Å². The monoisotopic (exact) mass is 291 g/mol. The number of hydrogen-bond donors (Lipinski definition) is 2. The zero-order chi connectivity index (χ0) is 15.4. The number of likely N-dealkylation sites (tertiary alicyclic amines) is 1. The van der Waals surface area contributed by atoms with Crippen LogP contribution in [-0.4, -0.2) is 40.1 Å². The quantitative estimate of drug-likeness (QED) is 0.893. The van der Waals surface area contributed by atoms with E-state index < -0.39 is 5.97 Å². The molecule has 1 aromatic rings. The second kappa shape index (κ2) is 6.61. The number of aromatic hydroxyl groups is 1. The van der Waals surface area contributed by atoms with E-state index in [1.165, 1.54) is 0 Å². The highest BCUT2D eigenvalue weighted by Gasteiger charge is 2.25. The van der Waals surface area contributed by atoms with Crippen molar-refractivity contribution in [3.63, 3.8) is 0 Å². The number of piperidine rings is 1. The molecule has 0 aromatic heterocycles. The molecule has 2 N–H and O–H groups in total. The maximum absolute atomic E-state index is 12.5. The van der Waals surface area contributed by atoms with Gasteiger partial charge in [-0.3, -0.25) is 9.59 Å². The third kappa shape index (κ3) is 3.74. The zero-order valence-electron chi connectivity index (χ0n) is 12.2. The summed E-state index contributed by atoms with van der Waals surface area (Å²) in [7, 11) is 0. The van der Waals surface area contributed by atoms with E-state index in [-0.39, 0.29) is 18.1 Å². The molecule has 1 fully saturated rings. The molecule has 0 spiro atoms. The Morgan fingerprint density at radius 3 is 2.57 bits per heavy atom. The van der Waals surface area contributed by atoms with E-state index in [4.69, 9.17) is 5.11 Å². The van der Waals surface area contributed by atoms with Gasteiger partial charge < -0.3 is 15.1 Å². The molecule has 1 aliphatic heterocycles. The molecule has 1 aromatic carbocycles. The highest BCUT2D eigenvalue weighted by Crippen LogP contribution is 2.25. The van der Waals surface area contributed by atoms with Crippen LogP contribution in [0, 0.1) is 12.8 Å². The number of phenols is 1. The van der Waals surface area contributed by atoms with Crippen LogP contribution in [0.1, 0.15) is 41.6 Å². The van der Waals surface area contributed by atoms with E-state index in [2.05, 4.69) is 0 Å². The van der Waals surface area contributed by atoms with Crippen molar-refractivity contribution in [3.8, 4) is 5.75 Å². The normalized spacial score (nSPS) is 16.0. The summed E-state index contributed by atoms with van der Waals surface area (Å²) in [4.78, 5) is 24.8. The number of phenolic OH excluding ortho intramolecular Hbond substituents is 1. The molecule has 0 radical (unpaired) electrons. The lowest BCUT2D eigenvalue weighted by Gasteiger charge is -2.32. The van der Waals surface area contributed by atoms with E-state index in [9.17, 15) is 14.7 Å².